The Morgan fingerprint density at radius 3 is 0.176 bits per heavy atom. The van der Waals surface area contributed by atoms with E-state index in [4.69, 9.17) is 0 Å². The van der Waals surface area contributed by atoms with E-state index in [1.54, 1.807) is 0 Å². The molecule has 0 nitrogen and oxygen atoms in total. The zero-order valence-corrected chi connectivity index (χ0v) is 29.3. The quantitative estimate of drug-likeness (QED) is 0.330. The van der Waals surface area contributed by atoms with E-state index in [9.17, 15) is 0 Å². The molecule has 0 aromatic carbocycles. The van der Waals surface area contributed by atoms with Gasteiger partial charge >= 0.3 is 0 Å². The number of hydrogen-bond acceptors (Lipinski definition) is 0. The minimum Gasteiger partial charge on any atom is -0.0656 e. The van der Waals surface area contributed by atoms with Gasteiger partial charge in [-0.2, -0.15) is 0 Å². The summed E-state index contributed by atoms with van der Waals surface area (Å²) in [7, 11) is 0. The van der Waals surface area contributed by atoms with Gasteiger partial charge in [0.25, 0.3) is 0 Å². The van der Waals surface area contributed by atoms with Crippen LogP contribution < -0.4 is 0 Å². The van der Waals surface area contributed by atoms with Crippen LogP contribution in [-0.2, 0) is 0 Å². The Balaban J connectivity index is -0.0000000296. The molecule has 0 aromatic rings. The normalized spacial score (nSPS) is 7.24. The summed E-state index contributed by atoms with van der Waals surface area (Å²) in [4.78, 5) is 0. The van der Waals surface area contributed by atoms with E-state index in [1.165, 1.54) is 103 Å². The highest BCUT2D eigenvalue weighted by molar-refractivity contribution is 4.15. The largest absolute Gasteiger partial charge is 0.0656 e. The van der Waals surface area contributed by atoms with Crippen molar-refractivity contribution in [3.63, 3.8) is 0 Å². The zero-order chi connectivity index (χ0) is 29.3. The maximum absolute atomic E-state index is 2.18. The maximum atomic E-state index is 2.18. The molecule has 0 N–H and O–H groups in total. The van der Waals surface area contributed by atoms with Crippen LogP contribution in [0.3, 0.4) is 0 Å². The summed E-state index contributed by atoms with van der Waals surface area (Å²) in [5.41, 5.74) is 0. The molecule has 0 aliphatic heterocycles. The molecular weight excluding hydrogens is 408 g/mol. The third-order valence-corrected chi connectivity index (χ3v) is 3.50. The Kier molecular flexibility index (Phi) is 230. The van der Waals surface area contributed by atoms with Crippen LogP contribution >= 0.6 is 0 Å². The van der Waals surface area contributed by atoms with E-state index >= 15 is 0 Å². The predicted octanol–water partition coefficient (Wildman–Crippen LogP) is 15.5. The average molecular weight is 495 g/mol. The van der Waals surface area contributed by atoms with E-state index in [0.717, 1.165) is 0 Å². The van der Waals surface area contributed by atoms with Crippen LogP contribution in [0.5, 0.6) is 0 Å². The Labute approximate surface area is 227 Å². The van der Waals surface area contributed by atoms with Gasteiger partial charge in [-0.3, -0.25) is 0 Å². The van der Waals surface area contributed by atoms with E-state index in [1.807, 2.05) is 0 Å². The van der Waals surface area contributed by atoms with Crippen molar-refractivity contribution in [3.05, 3.63) is 0 Å². The van der Waals surface area contributed by atoms with E-state index < -0.39 is 0 Å². The molecule has 0 saturated carbocycles. The van der Waals surface area contributed by atoms with Gasteiger partial charge in [0.15, 0.2) is 0 Å². The predicted molar refractivity (Wildman–Crippen MR) is 176 cm³/mol. The first-order valence-electron chi connectivity index (χ1n) is 16.2. The van der Waals surface area contributed by atoms with Crippen molar-refractivity contribution in [2.24, 2.45) is 0 Å². The maximum Gasteiger partial charge on any atom is -0.0564 e. The van der Waals surface area contributed by atoms with Crippen LogP contribution in [0.4, 0.5) is 0 Å². The molecule has 0 aliphatic rings. The minimum absolute atomic E-state index is 1.25. The molecule has 222 valence electrons. The third kappa shape index (κ3) is 628. The van der Waals surface area contributed by atoms with Crippen LogP contribution in [0.25, 0.3) is 0 Å². The molecule has 0 aromatic heterocycles. The third-order valence-electron chi connectivity index (χ3n) is 3.50. The first kappa shape index (κ1) is 59.2. The molecule has 0 radical (unpaired) electrons. The van der Waals surface area contributed by atoms with Gasteiger partial charge in [0.1, 0.15) is 0 Å². The highest BCUT2D eigenvalue weighted by atomic mass is 13.7. The second kappa shape index (κ2) is 132. The average Bonchev–Trinajstić information content (AvgIpc) is 2.90. The fraction of sp³-hybridized carbons (Fsp3) is 1.00. The van der Waals surface area contributed by atoms with Crippen molar-refractivity contribution >= 4 is 0 Å². The summed E-state index contributed by atoms with van der Waals surface area (Å²) in [6.07, 6.45) is 21.0. The van der Waals surface area contributed by atoms with Crippen molar-refractivity contribution in [3.8, 4) is 0 Å². The first-order chi connectivity index (χ1) is 16.2. The minimum atomic E-state index is 1.25. The monoisotopic (exact) mass is 495 g/mol. The molecule has 34 heavy (non-hydrogen) atoms. The molecular formula is C34H86. The molecule has 0 saturated heterocycles. The summed E-state index contributed by atoms with van der Waals surface area (Å²) in [6, 6.07) is 0. The number of rotatable bonds is 7. The molecule has 0 fully saturated rings. The van der Waals surface area contributed by atoms with Crippen molar-refractivity contribution in [2.75, 3.05) is 0 Å². The SMILES string of the molecule is CCC.CCC.CCCC.CCCC.CCCC.CCCC.CCCC.CCCC.CCCC. The van der Waals surface area contributed by atoms with E-state index in [-0.39, 0.29) is 0 Å². The Bertz CT molecular complexity index is 72.7. The Hall–Kier alpha value is 0. The standard InChI is InChI=1S/7C4H10.2C3H8/c7*1-3-4-2;2*1-3-2/h7*3-4H2,1-2H3;2*3H2,1-2H3. The van der Waals surface area contributed by atoms with Gasteiger partial charge in [-0.1, -0.05) is 227 Å². The molecule has 0 heterocycles. The molecule has 0 bridgehead atoms. The smallest absolute Gasteiger partial charge is 0.0564 e. The highest BCUT2D eigenvalue weighted by Crippen LogP contribution is 1.79. The topological polar surface area (TPSA) is 0 Å². The van der Waals surface area contributed by atoms with Crippen LogP contribution in [0.2, 0.25) is 0 Å². The molecule has 0 amide bonds. The first-order valence-corrected chi connectivity index (χ1v) is 16.2. The molecule has 0 aliphatic carbocycles. The fourth-order valence-electron chi connectivity index (χ4n) is 0. The van der Waals surface area contributed by atoms with Crippen molar-refractivity contribution in [1.82, 2.24) is 0 Å². The number of unbranched alkanes of at least 4 members (excludes halogenated alkanes) is 7. The lowest BCUT2D eigenvalue weighted by molar-refractivity contribution is 0.886. The van der Waals surface area contributed by atoms with Crippen molar-refractivity contribution < 1.29 is 0 Å². The Morgan fingerprint density at radius 1 is 0.147 bits per heavy atom. The summed E-state index contributed by atoms with van der Waals surface area (Å²) < 4.78 is 0. The van der Waals surface area contributed by atoms with Crippen molar-refractivity contribution in [1.29, 1.82) is 0 Å². The van der Waals surface area contributed by atoms with Gasteiger partial charge in [-0.05, 0) is 0 Å². The lowest BCUT2D eigenvalue weighted by Crippen LogP contribution is -1.47. The highest BCUT2D eigenvalue weighted by Gasteiger charge is 1.58. The van der Waals surface area contributed by atoms with Gasteiger partial charge in [0.05, 0.1) is 0 Å². The summed E-state index contributed by atoms with van der Waals surface area (Å²) in [5.74, 6) is 0. The fourth-order valence-corrected chi connectivity index (χ4v) is 0. The molecule has 0 rings (SSSR count). The zero-order valence-electron chi connectivity index (χ0n) is 29.3. The van der Waals surface area contributed by atoms with Gasteiger partial charge in [0, 0.05) is 0 Å². The van der Waals surface area contributed by atoms with E-state index in [0.29, 0.717) is 0 Å². The molecule has 0 atom stereocenters. The molecule has 0 unspecified atom stereocenters. The second-order valence-corrected chi connectivity index (χ2v) is 8.41. The van der Waals surface area contributed by atoms with Crippen LogP contribution in [0.1, 0.15) is 227 Å². The van der Waals surface area contributed by atoms with Gasteiger partial charge < -0.3 is 0 Å². The van der Waals surface area contributed by atoms with E-state index in [2.05, 4.69) is 125 Å². The molecule has 0 spiro atoms. The van der Waals surface area contributed by atoms with Gasteiger partial charge in [0.2, 0.25) is 0 Å². The number of hydrogen-bond donors (Lipinski definition) is 0. The lowest BCUT2D eigenvalue weighted by atomic mass is 10.4. The second-order valence-electron chi connectivity index (χ2n) is 8.41. The summed E-state index contributed by atoms with van der Waals surface area (Å²) in [6.45, 7) is 39.0. The summed E-state index contributed by atoms with van der Waals surface area (Å²) in [5, 5.41) is 0. The van der Waals surface area contributed by atoms with Crippen LogP contribution in [-0.4, -0.2) is 0 Å². The van der Waals surface area contributed by atoms with Crippen LogP contribution in [0.15, 0.2) is 0 Å². The van der Waals surface area contributed by atoms with Crippen molar-refractivity contribution in [2.45, 2.75) is 227 Å². The molecule has 0 heteroatoms. The Morgan fingerprint density at radius 2 is 0.176 bits per heavy atom. The van der Waals surface area contributed by atoms with Gasteiger partial charge in [-0.25, -0.2) is 0 Å². The lowest BCUT2D eigenvalue weighted by Gasteiger charge is -1.68. The van der Waals surface area contributed by atoms with Crippen LogP contribution in [0, 0.1) is 0 Å². The summed E-state index contributed by atoms with van der Waals surface area (Å²) >= 11 is 0. The van der Waals surface area contributed by atoms with Gasteiger partial charge in [-0.15, -0.1) is 0 Å².